The number of hydrogen-bond donors (Lipinski definition) is 2. The lowest BCUT2D eigenvalue weighted by Gasteiger charge is -2.49. The number of morpholine rings is 1. The van der Waals surface area contributed by atoms with Gasteiger partial charge in [-0.3, -0.25) is 0 Å². The average molecular weight is 508 g/mol. The molecule has 0 atom stereocenters. The molecule has 3 aromatic heterocycles. The first-order valence-electron chi connectivity index (χ1n) is 13.0. The highest BCUT2D eigenvalue weighted by Gasteiger charge is 2.49. The first-order chi connectivity index (χ1) is 18.4. The Morgan fingerprint density at radius 1 is 0.842 bits per heavy atom. The van der Waals surface area contributed by atoms with Crippen LogP contribution in [0.5, 0.6) is 0 Å². The number of anilines is 1. The molecule has 1 saturated carbocycles. The minimum absolute atomic E-state index is 0.505. The molecule has 192 valence electrons. The highest BCUT2D eigenvalue weighted by atomic mass is 16.5. The van der Waals surface area contributed by atoms with E-state index in [2.05, 4.69) is 27.2 Å². The van der Waals surface area contributed by atoms with E-state index in [-0.39, 0.29) is 0 Å². The van der Waals surface area contributed by atoms with Crippen LogP contribution in [0.3, 0.4) is 0 Å². The Balaban J connectivity index is 1.39. The Morgan fingerprint density at radius 2 is 1.53 bits per heavy atom. The first kappa shape index (κ1) is 23.2. The summed E-state index contributed by atoms with van der Waals surface area (Å²) in [4.78, 5) is 12.5. The molecule has 0 spiro atoms. The van der Waals surface area contributed by atoms with Crippen LogP contribution in [0, 0.1) is 0 Å². The summed E-state index contributed by atoms with van der Waals surface area (Å²) in [7, 11) is 0. The van der Waals surface area contributed by atoms with Crippen LogP contribution in [0.25, 0.3) is 39.3 Å². The molecule has 0 amide bonds. The van der Waals surface area contributed by atoms with Gasteiger partial charge in [0.1, 0.15) is 5.52 Å². The van der Waals surface area contributed by atoms with Crippen molar-refractivity contribution in [3.8, 4) is 22.5 Å². The summed E-state index contributed by atoms with van der Waals surface area (Å²) in [6.45, 7) is 4.64. The Bertz CT molecular complexity index is 1630. The van der Waals surface area contributed by atoms with Crippen molar-refractivity contribution >= 4 is 22.8 Å². The smallest absolute Gasteiger partial charge is 0.233 e. The second-order valence-corrected chi connectivity index (χ2v) is 10.7. The zero-order valence-corrected chi connectivity index (χ0v) is 21.2. The molecule has 1 aliphatic carbocycles. The topological polar surface area (TPSA) is 115 Å². The molecule has 0 unspecified atom stereocenters. The predicted molar refractivity (Wildman–Crippen MR) is 146 cm³/mol. The number of hydrogen-bond acceptors (Lipinski definition) is 8. The molecular weight excluding hydrogens is 478 g/mol. The van der Waals surface area contributed by atoms with Gasteiger partial charge in [-0.25, -0.2) is 14.4 Å². The molecule has 2 fully saturated rings. The lowest BCUT2D eigenvalue weighted by Crippen LogP contribution is -2.58. The van der Waals surface area contributed by atoms with Crippen LogP contribution < -0.4 is 10.6 Å². The van der Waals surface area contributed by atoms with Gasteiger partial charge in [0.25, 0.3) is 0 Å². The molecule has 38 heavy (non-hydrogen) atoms. The van der Waals surface area contributed by atoms with Crippen molar-refractivity contribution in [2.45, 2.75) is 30.9 Å². The van der Waals surface area contributed by atoms with Gasteiger partial charge in [0.05, 0.1) is 30.2 Å². The molecular formula is C29H29N7O2. The number of ether oxygens (including phenoxy) is 1. The summed E-state index contributed by atoms with van der Waals surface area (Å²) in [6, 6.07) is 22.2. The molecule has 7 rings (SSSR count). The normalized spacial score (nSPS) is 23.6. The molecule has 5 aromatic rings. The summed E-state index contributed by atoms with van der Waals surface area (Å²) in [5.41, 5.74) is 12.1. The van der Waals surface area contributed by atoms with E-state index in [0.717, 1.165) is 58.3 Å². The standard InChI is InChI=1S/C29H29N7O2/c1-28(37)17-29(30,18-28)21-9-7-20(8-10-21)24-25(19-5-3-2-4-6-19)32-26-22(31-24)11-12-23-33-34-27(36(23)26)35-13-15-38-16-14-35/h2-12,37H,13-18,30H2,1H3. The maximum absolute atomic E-state index is 10.2. The van der Waals surface area contributed by atoms with Crippen molar-refractivity contribution < 1.29 is 9.84 Å². The van der Waals surface area contributed by atoms with Gasteiger partial charge in [0, 0.05) is 29.8 Å². The largest absolute Gasteiger partial charge is 0.390 e. The number of pyridine rings is 1. The van der Waals surface area contributed by atoms with Crippen LogP contribution in [0.2, 0.25) is 0 Å². The maximum atomic E-state index is 10.2. The highest BCUT2D eigenvalue weighted by molar-refractivity contribution is 5.86. The zero-order valence-electron chi connectivity index (χ0n) is 21.2. The third-order valence-corrected chi connectivity index (χ3v) is 7.64. The molecule has 0 bridgehead atoms. The minimum atomic E-state index is -0.703. The van der Waals surface area contributed by atoms with Gasteiger partial charge in [-0.15, -0.1) is 10.2 Å². The van der Waals surface area contributed by atoms with Crippen LogP contribution in [0.1, 0.15) is 25.3 Å². The number of fused-ring (bicyclic) bond motifs is 3. The SMILES string of the molecule is CC1(O)CC(N)(c2ccc(-c3nc4ccc5nnc(N6CCOCC6)n5c4nc3-c3ccccc3)cc2)C1. The van der Waals surface area contributed by atoms with E-state index >= 15 is 0 Å². The van der Waals surface area contributed by atoms with Crippen molar-refractivity contribution in [2.24, 2.45) is 5.73 Å². The van der Waals surface area contributed by atoms with Crippen molar-refractivity contribution in [2.75, 3.05) is 31.2 Å². The molecule has 9 nitrogen and oxygen atoms in total. The summed E-state index contributed by atoms with van der Waals surface area (Å²) >= 11 is 0. The van der Waals surface area contributed by atoms with Gasteiger partial charge < -0.3 is 20.5 Å². The lowest BCUT2D eigenvalue weighted by molar-refractivity contribution is -0.0738. The van der Waals surface area contributed by atoms with Gasteiger partial charge in [-0.2, -0.15) is 0 Å². The molecule has 2 aliphatic rings. The van der Waals surface area contributed by atoms with E-state index in [1.54, 1.807) is 0 Å². The van der Waals surface area contributed by atoms with Crippen molar-refractivity contribution in [3.05, 3.63) is 72.3 Å². The van der Waals surface area contributed by atoms with Gasteiger partial charge >= 0.3 is 0 Å². The number of aliphatic hydroxyl groups is 1. The number of rotatable bonds is 4. The predicted octanol–water partition coefficient (Wildman–Crippen LogP) is 3.54. The van der Waals surface area contributed by atoms with Gasteiger partial charge in [0.2, 0.25) is 5.95 Å². The number of benzene rings is 2. The molecule has 1 saturated heterocycles. The van der Waals surface area contributed by atoms with E-state index in [1.807, 2.05) is 65.9 Å². The van der Waals surface area contributed by atoms with Crippen LogP contribution in [-0.4, -0.2) is 61.6 Å². The van der Waals surface area contributed by atoms with Crippen LogP contribution in [-0.2, 0) is 10.3 Å². The minimum Gasteiger partial charge on any atom is -0.390 e. The van der Waals surface area contributed by atoms with Crippen LogP contribution in [0.4, 0.5) is 5.95 Å². The van der Waals surface area contributed by atoms with E-state index in [1.165, 1.54) is 0 Å². The monoisotopic (exact) mass is 507 g/mol. The summed E-state index contributed by atoms with van der Waals surface area (Å²) < 4.78 is 7.54. The molecule has 4 heterocycles. The molecule has 3 N–H and O–H groups in total. The van der Waals surface area contributed by atoms with E-state index < -0.39 is 11.1 Å². The summed E-state index contributed by atoms with van der Waals surface area (Å²) in [6.07, 6.45) is 1.09. The van der Waals surface area contributed by atoms with Gasteiger partial charge in [0.15, 0.2) is 11.3 Å². The third-order valence-electron chi connectivity index (χ3n) is 7.64. The summed E-state index contributed by atoms with van der Waals surface area (Å²) in [5.74, 6) is 0.754. The van der Waals surface area contributed by atoms with E-state index in [0.29, 0.717) is 31.7 Å². The first-order valence-corrected chi connectivity index (χ1v) is 13.0. The van der Waals surface area contributed by atoms with Crippen LogP contribution in [0.15, 0.2) is 66.7 Å². The number of nitrogens with two attached hydrogens (primary N) is 1. The Hall–Kier alpha value is -3.92. The average Bonchev–Trinajstić information content (AvgIpc) is 3.37. The maximum Gasteiger partial charge on any atom is 0.233 e. The zero-order chi connectivity index (χ0) is 25.9. The second kappa shape index (κ2) is 8.56. The van der Waals surface area contributed by atoms with Crippen molar-refractivity contribution in [3.63, 3.8) is 0 Å². The van der Waals surface area contributed by atoms with Gasteiger partial charge in [-0.05, 0) is 37.5 Å². The van der Waals surface area contributed by atoms with Gasteiger partial charge in [-0.1, -0.05) is 54.6 Å². The fourth-order valence-electron chi connectivity index (χ4n) is 5.91. The number of aromatic nitrogens is 5. The Labute approximate surface area is 219 Å². The van der Waals surface area contributed by atoms with Crippen molar-refractivity contribution in [1.82, 2.24) is 24.6 Å². The third kappa shape index (κ3) is 3.82. The summed E-state index contributed by atoms with van der Waals surface area (Å²) in [5, 5.41) is 19.2. The fourth-order valence-corrected chi connectivity index (χ4v) is 5.91. The molecule has 2 aromatic carbocycles. The fraction of sp³-hybridized carbons (Fsp3) is 0.310. The van der Waals surface area contributed by atoms with Crippen LogP contribution >= 0.6 is 0 Å². The second-order valence-electron chi connectivity index (χ2n) is 10.7. The Morgan fingerprint density at radius 3 is 2.24 bits per heavy atom. The van der Waals surface area contributed by atoms with Crippen molar-refractivity contribution in [1.29, 1.82) is 0 Å². The quantitative estimate of drug-likeness (QED) is 0.380. The molecule has 1 aliphatic heterocycles. The Kier molecular flexibility index (Phi) is 5.23. The molecule has 0 radical (unpaired) electrons. The number of nitrogens with zero attached hydrogens (tertiary/aromatic N) is 6. The lowest BCUT2D eigenvalue weighted by atomic mass is 9.63. The van der Waals surface area contributed by atoms with E-state index in [4.69, 9.17) is 20.4 Å². The highest BCUT2D eigenvalue weighted by Crippen LogP contribution is 2.46. The van der Waals surface area contributed by atoms with E-state index in [9.17, 15) is 5.11 Å². The molecule has 9 heteroatoms.